The van der Waals surface area contributed by atoms with Crippen LogP contribution in [0.3, 0.4) is 0 Å². The van der Waals surface area contributed by atoms with E-state index in [1.807, 2.05) is 0 Å². The molecule has 0 aliphatic carbocycles. The first-order valence-electron chi connectivity index (χ1n) is 7.97. The standard InChI is InChI=1S/C18H6F12N2/c1-15(23,17(25,26)27)9-5(3-31)6(4-32)10(16(2,24)18(28,29)30)8-7(9)11(19)13(21)14(22)12(8)20/h1-2H3. The van der Waals surface area contributed by atoms with Gasteiger partial charge in [0.15, 0.2) is 23.3 Å². The van der Waals surface area contributed by atoms with E-state index in [1.165, 1.54) is 0 Å². The van der Waals surface area contributed by atoms with Gasteiger partial charge in [0.1, 0.15) is 12.1 Å². The van der Waals surface area contributed by atoms with Crippen LogP contribution in [0, 0.1) is 45.9 Å². The Morgan fingerprint density at radius 1 is 0.531 bits per heavy atom. The highest BCUT2D eigenvalue weighted by molar-refractivity contribution is 5.96. The number of hydrogen-bond acceptors (Lipinski definition) is 2. The van der Waals surface area contributed by atoms with Gasteiger partial charge in [-0.3, -0.25) is 0 Å². The second-order valence-electron chi connectivity index (χ2n) is 6.73. The van der Waals surface area contributed by atoms with Crippen molar-refractivity contribution in [1.82, 2.24) is 0 Å². The number of hydrogen-bond donors (Lipinski definition) is 0. The van der Waals surface area contributed by atoms with Crippen molar-refractivity contribution in [3.8, 4) is 12.1 Å². The third-order valence-corrected chi connectivity index (χ3v) is 4.74. The molecular formula is C18H6F12N2. The topological polar surface area (TPSA) is 47.6 Å². The molecule has 2 unspecified atom stereocenters. The summed E-state index contributed by atoms with van der Waals surface area (Å²) < 4.78 is 166. The van der Waals surface area contributed by atoms with Crippen molar-refractivity contribution in [2.24, 2.45) is 0 Å². The van der Waals surface area contributed by atoms with E-state index in [-0.39, 0.29) is 13.8 Å². The SMILES string of the molecule is CC(F)(c1c(C#N)c(C#N)c(C(C)(F)C(F)(F)F)c2c(F)c(F)c(F)c(F)c12)C(F)(F)F. The van der Waals surface area contributed by atoms with E-state index in [1.54, 1.807) is 0 Å². The van der Waals surface area contributed by atoms with Crippen LogP contribution in [0.25, 0.3) is 10.8 Å². The van der Waals surface area contributed by atoms with Gasteiger partial charge in [-0.05, 0) is 13.8 Å². The van der Waals surface area contributed by atoms with Crippen LogP contribution in [0.1, 0.15) is 36.1 Å². The van der Waals surface area contributed by atoms with Crippen molar-refractivity contribution < 1.29 is 52.7 Å². The van der Waals surface area contributed by atoms with Crippen LogP contribution >= 0.6 is 0 Å². The molecule has 0 aromatic heterocycles. The first kappa shape index (κ1) is 25.1. The highest BCUT2D eigenvalue weighted by Crippen LogP contribution is 2.53. The molecule has 0 heterocycles. The summed E-state index contributed by atoms with van der Waals surface area (Å²) in [5.41, 5.74) is -18.4. The minimum absolute atomic E-state index is 0.388. The molecule has 2 nitrogen and oxygen atoms in total. The van der Waals surface area contributed by atoms with Gasteiger partial charge in [0, 0.05) is 21.9 Å². The second kappa shape index (κ2) is 7.18. The molecule has 0 aliphatic heterocycles. The third kappa shape index (κ3) is 3.20. The molecule has 2 atom stereocenters. The van der Waals surface area contributed by atoms with Crippen molar-refractivity contribution in [3.05, 3.63) is 45.5 Å². The Labute approximate surface area is 170 Å². The summed E-state index contributed by atoms with van der Waals surface area (Å²) >= 11 is 0. The summed E-state index contributed by atoms with van der Waals surface area (Å²) in [7, 11) is 0. The van der Waals surface area contributed by atoms with Crippen LogP contribution < -0.4 is 0 Å². The first-order valence-corrected chi connectivity index (χ1v) is 7.97. The normalized spacial score (nSPS) is 16.2. The number of halogens is 12. The van der Waals surface area contributed by atoms with Crippen molar-refractivity contribution in [1.29, 1.82) is 10.5 Å². The summed E-state index contributed by atoms with van der Waals surface area (Å²) in [5, 5.41) is 13.7. The summed E-state index contributed by atoms with van der Waals surface area (Å²) in [6.07, 6.45) is -12.2. The highest BCUT2D eigenvalue weighted by atomic mass is 19.4. The van der Waals surface area contributed by atoms with Crippen LogP contribution in [0.5, 0.6) is 0 Å². The van der Waals surface area contributed by atoms with E-state index in [2.05, 4.69) is 0 Å². The summed E-state index contributed by atoms with van der Waals surface area (Å²) in [4.78, 5) is 0. The molecule has 0 spiro atoms. The van der Waals surface area contributed by atoms with Crippen molar-refractivity contribution >= 4 is 10.8 Å². The number of nitriles is 2. The number of nitrogens with zero attached hydrogens (tertiary/aromatic N) is 2. The largest absolute Gasteiger partial charge is 0.426 e. The number of benzene rings is 2. The minimum Gasteiger partial charge on any atom is -0.229 e. The quantitative estimate of drug-likeness (QED) is 0.276. The van der Waals surface area contributed by atoms with Gasteiger partial charge in [0.05, 0.1) is 11.1 Å². The van der Waals surface area contributed by atoms with Gasteiger partial charge < -0.3 is 0 Å². The number of fused-ring (bicyclic) bond motifs is 1. The van der Waals surface area contributed by atoms with Gasteiger partial charge in [-0.1, -0.05) is 0 Å². The Hall–Kier alpha value is -3.16. The zero-order valence-electron chi connectivity index (χ0n) is 15.4. The Balaban J connectivity index is 3.54. The monoisotopic (exact) mass is 478 g/mol. The average molecular weight is 478 g/mol. The van der Waals surface area contributed by atoms with Gasteiger partial charge in [-0.25, -0.2) is 26.3 Å². The van der Waals surface area contributed by atoms with Crippen LogP contribution in [0.2, 0.25) is 0 Å². The lowest BCUT2D eigenvalue weighted by atomic mass is 9.78. The van der Waals surface area contributed by atoms with Gasteiger partial charge in [0.25, 0.3) is 0 Å². The minimum atomic E-state index is -6.09. The summed E-state index contributed by atoms with van der Waals surface area (Å²) in [6.45, 7) is -0.777. The van der Waals surface area contributed by atoms with Crippen LogP contribution in [-0.2, 0) is 11.3 Å². The third-order valence-electron chi connectivity index (χ3n) is 4.74. The van der Waals surface area contributed by atoms with E-state index in [0.29, 0.717) is 0 Å². The molecule has 0 amide bonds. The van der Waals surface area contributed by atoms with E-state index < -0.39 is 80.0 Å². The molecule has 0 saturated carbocycles. The summed E-state index contributed by atoms with van der Waals surface area (Å²) in [5.74, 6) is -11.4. The van der Waals surface area contributed by atoms with Crippen molar-refractivity contribution in [2.75, 3.05) is 0 Å². The maximum absolute atomic E-state index is 14.8. The first-order chi connectivity index (χ1) is 14.3. The molecular weight excluding hydrogens is 472 g/mol. The molecule has 2 rings (SSSR count). The molecule has 0 fully saturated rings. The maximum atomic E-state index is 14.8. The molecule has 0 N–H and O–H groups in total. The van der Waals surface area contributed by atoms with Gasteiger partial charge in [-0.15, -0.1) is 0 Å². The van der Waals surface area contributed by atoms with E-state index in [4.69, 9.17) is 0 Å². The lowest BCUT2D eigenvalue weighted by molar-refractivity contribution is -0.229. The van der Waals surface area contributed by atoms with Gasteiger partial charge >= 0.3 is 12.4 Å². The lowest BCUT2D eigenvalue weighted by Crippen LogP contribution is -2.39. The molecule has 0 saturated heterocycles. The molecule has 2 aromatic rings. The Morgan fingerprint density at radius 3 is 0.969 bits per heavy atom. The Bertz CT molecular complexity index is 1110. The van der Waals surface area contributed by atoms with Crippen molar-refractivity contribution in [2.45, 2.75) is 37.5 Å². The lowest BCUT2D eigenvalue weighted by Gasteiger charge is -2.31. The molecule has 14 heteroatoms. The fourth-order valence-corrected chi connectivity index (χ4v) is 3.05. The van der Waals surface area contributed by atoms with Crippen LogP contribution in [-0.4, -0.2) is 12.4 Å². The van der Waals surface area contributed by atoms with Crippen LogP contribution in [0.15, 0.2) is 0 Å². The zero-order valence-corrected chi connectivity index (χ0v) is 15.4. The van der Waals surface area contributed by atoms with Crippen molar-refractivity contribution in [3.63, 3.8) is 0 Å². The molecule has 0 bridgehead atoms. The number of rotatable bonds is 2. The predicted molar refractivity (Wildman–Crippen MR) is 82.2 cm³/mol. The maximum Gasteiger partial charge on any atom is 0.426 e. The van der Waals surface area contributed by atoms with E-state index in [9.17, 15) is 63.2 Å². The second-order valence-corrected chi connectivity index (χ2v) is 6.73. The van der Waals surface area contributed by atoms with E-state index in [0.717, 1.165) is 12.1 Å². The zero-order chi connectivity index (χ0) is 25.2. The average Bonchev–Trinajstić information content (AvgIpc) is 2.66. The fraction of sp³-hybridized carbons (Fsp3) is 0.333. The molecule has 0 aliphatic rings. The Morgan fingerprint density at radius 2 is 0.781 bits per heavy atom. The molecule has 0 radical (unpaired) electrons. The number of alkyl halides is 8. The molecule has 172 valence electrons. The van der Waals surface area contributed by atoms with Crippen LogP contribution in [0.4, 0.5) is 52.7 Å². The molecule has 2 aromatic carbocycles. The van der Waals surface area contributed by atoms with E-state index >= 15 is 0 Å². The van der Waals surface area contributed by atoms with Gasteiger partial charge in [-0.2, -0.15) is 36.9 Å². The summed E-state index contributed by atoms with van der Waals surface area (Å²) in [6, 6.07) is 1.46. The highest BCUT2D eigenvalue weighted by Gasteiger charge is 2.60. The Kier molecular flexibility index (Phi) is 5.64. The molecule has 32 heavy (non-hydrogen) atoms. The smallest absolute Gasteiger partial charge is 0.229 e. The fourth-order valence-electron chi connectivity index (χ4n) is 3.05. The predicted octanol–water partition coefficient (Wildman–Crippen LogP) is 6.63. The van der Waals surface area contributed by atoms with Gasteiger partial charge in [0.2, 0.25) is 11.3 Å².